The van der Waals surface area contributed by atoms with Crippen molar-refractivity contribution in [2.45, 2.75) is 90.4 Å². The molecule has 2 heterocycles. The lowest BCUT2D eigenvalue weighted by molar-refractivity contribution is -0.103. The quantitative estimate of drug-likeness (QED) is 0.860. The summed E-state index contributed by atoms with van der Waals surface area (Å²) >= 11 is 0. The highest BCUT2D eigenvalue weighted by atomic mass is 16.5. The topological polar surface area (TPSA) is 24.5 Å². The Morgan fingerprint density at radius 3 is 2.43 bits per heavy atom. The lowest BCUT2D eigenvalue weighted by Gasteiger charge is -2.53. The van der Waals surface area contributed by atoms with Crippen molar-refractivity contribution in [1.82, 2.24) is 10.2 Å². The highest BCUT2D eigenvalue weighted by Crippen LogP contribution is 2.34. The summed E-state index contributed by atoms with van der Waals surface area (Å²) in [5.41, 5.74) is 0.351. The second kappa shape index (κ2) is 6.55. The van der Waals surface area contributed by atoms with E-state index in [-0.39, 0.29) is 5.60 Å². The van der Waals surface area contributed by atoms with Gasteiger partial charge in [0.15, 0.2) is 0 Å². The average molecular weight is 296 g/mol. The van der Waals surface area contributed by atoms with Gasteiger partial charge in [-0.15, -0.1) is 0 Å². The molecule has 0 aromatic rings. The Morgan fingerprint density at radius 2 is 1.90 bits per heavy atom. The molecule has 2 aliphatic heterocycles. The summed E-state index contributed by atoms with van der Waals surface area (Å²) in [4.78, 5) is 2.83. The van der Waals surface area contributed by atoms with E-state index < -0.39 is 0 Å². The van der Waals surface area contributed by atoms with Crippen molar-refractivity contribution in [3.8, 4) is 0 Å². The van der Waals surface area contributed by atoms with Gasteiger partial charge >= 0.3 is 0 Å². The highest BCUT2D eigenvalue weighted by molar-refractivity contribution is 5.01. The first kappa shape index (κ1) is 17.2. The molecule has 3 heteroatoms. The summed E-state index contributed by atoms with van der Waals surface area (Å²) in [7, 11) is 0. The molecule has 1 N–H and O–H groups in total. The fourth-order valence-corrected chi connectivity index (χ4v) is 4.19. The van der Waals surface area contributed by atoms with E-state index in [4.69, 9.17) is 4.74 Å². The van der Waals surface area contributed by atoms with E-state index in [0.717, 1.165) is 13.2 Å². The third-order valence-corrected chi connectivity index (χ3v) is 5.86. The van der Waals surface area contributed by atoms with Crippen LogP contribution in [0.5, 0.6) is 0 Å². The smallest absolute Gasteiger partial charge is 0.0641 e. The Bertz CT molecular complexity index is 336. The lowest BCUT2D eigenvalue weighted by atomic mass is 9.83. The zero-order valence-electron chi connectivity index (χ0n) is 15.0. The molecule has 2 aliphatic rings. The second-order valence-electron chi connectivity index (χ2n) is 8.11. The fourth-order valence-electron chi connectivity index (χ4n) is 4.19. The van der Waals surface area contributed by atoms with E-state index in [1.807, 2.05) is 0 Å². The van der Waals surface area contributed by atoms with Gasteiger partial charge in [0.05, 0.1) is 5.60 Å². The van der Waals surface area contributed by atoms with Crippen LogP contribution in [0.4, 0.5) is 0 Å². The Labute approximate surface area is 131 Å². The van der Waals surface area contributed by atoms with Crippen LogP contribution in [-0.2, 0) is 4.74 Å². The summed E-state index contributed by atoms with van der Waals surface area (Å²) in [6.45, 7) is 17.1. The molecule has 0 saturated carbocycles. The molecular weight excluding hydrogens is 260 g/mol. The molecule has 0 aromatic heterocycles. The molecule has 21 heavy (non-hydrogen) atoms. The molecule has 2 fully saturated rings. The molecule has 2 saturated heterocycles. The zero-order valence-corrected chi connectivity index (χ0v) is 15.0. The van der Waals surface area contributed by atoms with Gasteiger partial charge in [-0.3, -0.25) is 4.90 Å². The van der Waals surface area contributed by atoms with Crippen LogP contribution in [0.25, 0.3) is 0 Å². The molecule has 2 unspecified atom stereocenters. The maximum atomic E-state index is 5.94. The molecule has 0 spiro atoms. The van der Waals surface area contributed by atoms with E-state index in [9.17, 15) is 0 Å². The van der Waals surface area contributed by atoms with Crippen LogP contribution in [0.2, 0.25) is 0 Å². The monoisotopic (exact) mass is 296 g/mol. The van der Waals surface area contributed by atoms with Crippen molar-refractivity contribution >= 4 is 0 Å². The first-order chi connectivity index (χ1) is 9.82. The van der Waals surface area contributed by atoms with Crippen LogP contribution in [0, 0.1) is 5.92 Å². The summed E-state index contributed by atoms with van der Waals surface area (Å²) in [5, 5.41) is 3.88. The van der Waals surface area contributed by atoms with E-state index in [1.165, 1.54) is 32.2 Å². The zero-order chi connectivity index (χ0) is 15.7. The Hall–Kier alpha value is -0.120. The van der Waals surface area contributed by atoms with Gasteiger partial charge in [0.2, 0.25) is 0 Å². The summed E-state index contributed by atoms with van der Waals surface area (Å²) < 4.78 is 5.94. The largest absolute Gasteiger partial charge is 0.375 e. The van der Waals surface area contributed by atoms with Crippen LogP contribution in [0.1, 0.15) is 67.2 Å². The van der Waals surface area contributed by atoms with Crippen molar-refractivity contribution in [1.29, 1.82) is 0 Å². The summed E-state index contributed by atoms with van der Waals surface area (Å²) in [5.74, 6) is 0.704. The minimum Gasteiger partial charge on any atom is -0.375 e. The Morgan fingerprint density at radius 1 is 1.24 bits per heavy atom. The molecule has 2 atom stereocenters. The molecule has 3 nitrogen and oxygen atoms in total. The first-order valence-corrected chi connectivity index (χ1v) is 8.97. The number of piperazine rings is 1. The normalized spacial score (nSPS) is 33.3. The third kappa shape index (κ3) is 3.80. The maximum Gasteiger partial charge on any atom is 0.0641 e. The summed E-state index contributed by atoms with van der Waals surface area (Å²) in [6, 6.07) is 1.34. The van der Waals surface area contributed by atoms with Crippen LogP contribution in [0.15, 0.2) is 0 Å². The first-order valence-electron chi connectivity index (χ1n) is 8.97. The van der Waals surface area contributed by atoms with Crippen LogP contribution >= 0.6 is 0 Å². The molecule has 0 amide bonds. The van der Waals surface area contributed by atoms with Gasteiger partial charge in [0, 0.05) is 37.3 Å². The molecule has 0 aromatic carbocycles. The average Bonchev–Trinajstić information content (AvgIpc) is 2.45. The molecule has 2 rings (SSSR count). The number of nitrogens with zero attached hydrogens (tertiary/aromatic N) is 1. The van der Waals surface area contributed by atoms with Gasteiger partial charge in [-0.2, -0.15) is 0 Å². The third-order valence-electron chi connectivity index (χ3n) is 5.86. The van der Waals surface area contributed by atoms with Gasteiger partial charge < -0.3 is 10.1 Å². The van der Waals surface area contributed by atoms with Crippen LogP contribution in [0.3, 0.4) is 0 Å². The standard InChI is InChI=1S/C18H36N2O/c1-7-18(8-2)13-20(16(12-19-18)14(3)4)15-9-10-21-17(5,6)11-15/h14-16,19H,7-13H2,1-6H3. The Balaban J connectivity index is 2.17. The van der Waals surface area contributed by atoms with Gasteiger partial charge in [0.25, 0.3) is 0 Å². The van der Waals surface area contributed by atoms with Crippen molar-refractivity contribution in [3.05, 3.63) is 0 Å². The number of rotatable bonds is 4. The van der Waals surface area contributed by atoms with Crippen molar-refractivity contribution in [2.75, 3.05) is 19.7 Å². The predicted molar refractivity (Wildman–Crippen MR) is 89.7 cm³/mol. The number of hydrogen-bond acceptors (Lipinski definition) is 3. The Kier molecular flexibility index (Phi) is 5.38. The molecule has 0 bridgehead atoms. The summed E-state index contributed by atoms with van der Waals surface area (Å²) in [6.07, 6.45) is 4.80. The van der Waals surface area contributed by atoms with E-state index in [2.05, 4.69) is 51.8 Å². The lowest BCUT2D eigenvalue weighted by Crippen LogP contribution is -2.68. The molecule has 0 radical (unpaired) electrons. The van der Waals surface area contributed by atoms with Crippen molar-refractivity contribution in [2.24, 2.45) is 5.92 Å². The number of hydrogen-bond donors (Lipinski definition) is 1. The van der Waals surface area contributed by atoms with Crippen molar-refractivity contribution in [3.63, 3.8) is 0 Å². The van der Waals surface area contributed by atoms with Gasteiger partial charge in [0.1, 0.15) is 0 Å². The maximum absolute atomic E-state index is 5.94. The van der Waals surface area contributed by atoms with Gasteiger partial charge in [-0.1, -0.05) is 27.7 Å². The van der Waals surface area contributed by atoms with Gasteiger partial charge in [-0.05, 0) is 45.4 Å². The second-order valence-corrected chi connectivity index (χ2v) is 8.11. The minimum absolute atomic E-state index is 0.0381. The SMILES string of the molecule is CCC1(CC)CN(C2CCOC(C)(C)C2)C(C(C)C)CN1. The van der Waals surface area contributed by atoms with Crippen LogP contribution in [-0.4, -0.2) is 47.8 Å². The van der Waals surface area contributed by atoms with Gasteiger partial charge in [-0.25, -0.2) is 0 Å². The predicted octanol–water partition coefficient (Wildman–Crippen LogP) is 3.43. The van der Waals surface area contributed by atoms with Crippen molar-refractivity contribution < 1.29 is 4.74 Å². The number of ether oxygens (including phenoxy) is 1. The number of nitrogens with one attached hydrogen (secondary N) is 1. The highest BCUT2D eigenvalue weighted by Gasteiger charge is 2.43. The fraction of sp³-hybridized carbons (Fsp3) is 1.00. The van der Waals surface area contributed by atoms with E-state index in [0.29, 0.717) is 23.5 Å². The molecular formula is C18H36N2O. The van der Waals surface area contributed by atoms with Crippen LogP contribution < -0.4 is 5.32 Å². The minimum atomic E-state index is 0.0381. The molecule has 0 aliphatic carbocycles. The molecule has 124 valence electrons. The van der Waals surface area contributed by atoms with E-state index >= 15 is 0 Å². The van der Waals surface area contributed by atoms with E-state index in [1.54, 1.807) is 0 Å².